The molecule has 1 amide bonds. The van der Waals surface area contributed by atoms with Crippen LogP contribution in [0.15, 0.2) is 18.2 Å². The summed E-state index contributed by atoms with van der Waals surface area (Å²) in [4.78, 5) is 24.9. The number of fused-ring (bicyclic) bond motifs is 2. The Balaban J connectivity index is 2.14. The van der Waals surface area contributed by atoms with Gasteiger partial charge in [0.15, 0.2) is 5.78 Å². The lowest BCUT2D eigenvalue weighted by molar-refractivity contribution is -0.120. The van der Waals surface area contributed by atoms with Gasteiger partial charge < -0.3 is 4.90 Å². The SMILES string of the molecule is CC(=O)c1ccc2c(c1)C1CCN2C(=O)C1. The molecule has 1 atom stereocenters. The van der Waals surface area contributed by atoms with Gasteiger partial charge in [0.2, 0.25) is 5.91 Å². The van der Waals surface area contributed by atoms with Gasteiger partial charge in [-0.2, -0.15) is 0 Å². The summed E-state index contributed by atoms with van der Waals surface area (Å²) in [6, 6.07) is 5.69. The Kier molecular flexibility index (Phi) is 1.90. The molecule has 3 nitrogen and oxygen atoms in total. The molecule has 0 saturated carbocycles. The van der Waals surface area contributed by atoms with E-state index in [-0.39, 0.29) is 11.7 Å². The van der Waals surface area contributed by atoms with Crippen LogP contribution in [0.1, 0.15) is 41.6 Å². The number of anilines is 1. The molecule has 3 heteroatoms. The van der Waals surface area contributed by atoms with Crippen molar-refractivity contribution in [3.8, 4) is 0 Å². The van der Waals surface area contributed by atoms with Crippen molar-refractivity contribution in [1.82, 2.24) is 0 Å². The van der Waals surface area contributed by atoms with E-state index in [4.69, 9.17) is 0 Å². The number of hydrogen-bond acceptors (Lipinski definition) is 2. The number of benzene rings is 1. The molecule has 16 heavy (non-hydrogen) atoms. The minimum Gasteiger partial charge on any atom is -0.312 e. The lowest BCUT2D eigenvalue weighted by Gasteiger charge is -2.40. The molecule has 82 valence electrons. The van der Waals surface area contributed by atoms with Crippen LogP contribution in [0.25, 0.3) is 0 Å². The van der Waals surface area contributed by atoms with Gasteiger partial charge in [0.25, 0.3) is 0 Å². The molecule has 1 unspecified atom stereocenters. The molecule has 4 rings (SSSR count). The normalized spacial score (nSPS) is 22.2. The molecule has 1 aromatic rings. The third-order valence-electron chi connectivity index (χ3n) is 3.59. The largest absolute Gasteiger partial charge is 0.312 e. The highest BCUT2D eigenvalue weighted by Gasteiger charge is 2.36. The Morgan fingerprint density at radius 3 is 2.94 bits per heavy atom. The van der Waals surface area contributed by atoms with E-state index in [1.54, 1.807) is 6.92 Å². The summed E-state index contributed by atoms with van der Waals surface area (Å²) in [5.74, 6) is 0.636. The molecule has 0 spiro atoms. The lowest BCUT2D eigenvalue weighted by atomic mass is 9.81. The number of carbonyl (C=O) groups is 2. The van der Waals surface area contributed by atoms with Crippen LogP contribution in [0, 0.1) is 0 Å². The van der Waals surface area contributed by atoms with E-state index in [1.807, 2.05) is 23.1 Å². The maximum absolute atomic E-state index is 11.7. The Morgan fingerprint density at radius 2 is 2.25 bits per heavy atom. The van der Waals surface area contributed by atoms with Crippen LogP contribution in [0.3, 0.4) is 0 Å². The first-order valence-corrected chi connectivity index (χ1v) is 5.62. The van der Waals surface area contributed by atoms with Gasteiger partial charge in [-0.25, -0.2) is 0 Å². The summed E-state index contributed by atoms with van der Waals surface area (Å²) in [6.45, 7) is 2.41. The Labute approximate surface area is 94.1 Å². The highest BCUT2D eigenvalue weighted by atomic mass is 16.2. The van der Waals surface area contributed by atoms with Crippen molar-refractivity contribution in [2.75, 3.05) is 11.4 Å². The maximum Gasteiger partial charge on any atom is 0.227 e. The molecule has 3 heterocycles. The number of ketones is 1. The van der Waals surface area contributed by atoms with Gasteiger partial charge in [-0.3, -0.25) is 9.59 Å². The Bertz CT molecular complexity index is 493. The second-order valence-corrected chi connectivity index (χ2v) is 4.56. The van der Waals surface area contributed by atoms with E-state index in [0.29, 0.717) is 12.3 Å². The zero-order valence-corrected chi connectivity index (χ0v) is 9.19. The number of carbonyl (C=O) groups excluding carboxylic acids is 2. The minimum atomic E-state index is 0.0885. The number of hydrogen-bond donors (Lipinski definition) is 0. The Hall–Kier alpha value is -1.64. The molecular formula is C13H13NO2. The van der Waals surface area contributed by atoms with Gasteiger partial charge in [0.1, 0.15) is 0 Å². The van der Waals surface area contributed by atoms with Crippen molar-refractivity contribution in [2.45, 2.75) is 25.7 Å². The first-order valence-electron chi connectivity index (χ1n) is 5.62. The fourth-order valence-corrected chi connectivity index (χ4v) is 2.70. The molecule has 1 fully saturated rings. The standard InChI is InChI=1S/C13H13NO2/c1-8(15)9-2-3-12-11(6-9)10-4-5-14(12)13(16)7-10/h2-3,6,10H,4-5,7H2,1H3. The van der Waals surface area contributed by atoms with Gasteiger partial charge >= 0.3 is 0 Å². The van der Waals surface area contributed by atoms with Crippen LogP contribution >= 0.6 is 0 Å². The highest BCUT2D eigenvalue weighted by Crippen LogP contribution is 2.42. The van der Waals surface area contributed by atoms with Crippen molar-refractivity contribution in [3.05, 3.63) is 29.3 Å². The molecule has 0 radical (unpaired) electrons. The molecule has 1 saturated heterocycles. The molecule has 1 aromatic carbocycles. The summed E-state index contributed by atoms with van der Waals surface area (Å²) >= 11 is 0. The lowest BCUT2D eigenvalue weighted by Crippen LogP contribution is -2.43. The second kappa shape index (κ2) is 3.17. The zero-order valence-electron chi connectivity index (χ0n) is 9.19. The molecule has 3 aliphatic rings. The molecule has 0 N–H and O–H groups in total. The van der Waals surface area contributed by atoms with E-state index < -0.39 is 0 Å². The summed E-state index contributed by atoms with van der Waals surface area (Å²) in [5, 5.41) is 0. The van der Waals surface area contributed by atoms with Gasteiger partial charge in [0, 0.05) is 24.2 Å². The first kappa shape index (κ1) is 9.58. The van der Waals surface area contributed by atoms with Crippen molar-refractivity contribution < 1.29 is 9.59 Å². The topological polar surface area (TPSA) is 37.4 Å². The van der Waals surface area contributed by atoms with Crippen molar-refractivity contribution in [2.24, 2.45) is 0 Å². The summed E-state index contributed by atoms with van der Waals surface area (Å²) < 4.78 is 0. The first-order chi connectivity index (χ1) is 7.66. The van der Waals surface area contributed by atoms with Crippen molar-refractivity contribution in [1.29, 1.82) is 0 Å². The van der Waals surface area contributed by atoms with Gasteiger partial charge in [-0.1, -0.05) is 0 Å². The number of rotatable bonds is 1. The monoisotopic (exact) mass is 215 g/mol. The van der Waals surface area contributed by atoms with E-state index >= 15 is 0 Å². The minimum absolute atomic E-state index is 0.0885. The molecule has 0 aromatic heterocycles. The average molecular weight is 215 g/mol. The van der Waals surface area contributed by atoms with E-state index in [9.17, 15) is 9.59 Å². The third kappa shape index (κ3) is 1.21. The van der Waals surface area contributed by atoms with E-state index in [0.717, 1.165) is 24.2 Å². The van der Waals surface area contributed by atoms with E-state index in [1.165, 1.54) is 5.56 Å². The smallest absolute Gasteiger partial charge is 0.227 e. The van der Waals surface area contributed by atoms with Crippen LogP contribution in [-0.4, -0.2) is 18.2 Å². The van der Waals surface area contributed by atoms with Crippen LogP contribution in [-0.2, 0) is 4.79 Å². The summed E-state index contributed by atoms with van der Waals surface area (Å²) in [5.41, 5.74) is 2.94. The Morgan fingerprint density at radius 1 is 1.44 bits per heavy atom. The average Bonchev–Trinajstić information content (AvgIpc) is 2.29. The fraction of sp³-hybridized carbons (Fsp3) is 0.385. The van der Waals surface area contributed by atoms with E-state index in [2.05, 4.69) is 0 Å². The number of amides is 1. The number of piperidine rings is 1. The third-order valence-corrected chi connectivity index (χ3v) is 3.59. The molecular weight excluding hydrogens is 202 g/mol. The summed E-state index contributed by atoms with van der Waals surface area (Å²) in [7, 11) is 0. The number of Topliss-reactive ketones (excluding diaryl/α,β-unsaturated/α-hetero) is 1. The zero-order chi connectivity index (χ0) is 11.3. The van der Waals surface area contributed by atoms with Crippen LogP contribution in [0.4, 0.5) is 5.69 Å². The quantitative estimate of drug-likeness (QED) is 0.673. The van der Waals surface area contributed by atoms with Crippen molar-refractivity contribution >= 4 is 17.4 Å². The van der Waals surface area contributed by atoms with Crippen LogP contribution in [0.5, 0.6) is 0 Å². The van der Waals surface area contributed by atoms with Crippen LogP contribution < -0.4 is 4.90 Å². The molecule has 2 bridgehead atoms. The second-order valence-electron chi connectivity index (χ2n) is 4.56. The highest BCUT2D eigenvalue weighted by molar-refractivity contribution is 6.00. The van der Waals surface area contributed by atoms with Crippen LogP contribution in [0.2, 0.25) is 0 Å². The predicted molar refractivity (Wildman–Crippen MR) is 60.8 cm³/mol. The maximum atomic E-state index is 11.7. The molecule has 3 aliphatic heterocycles. The van der Waals surface area contributed by atoms with Gasteiger partial charge in [0.05, 0.1) is 0 Å². The van der Waals surface area contributed by atoms with Gasteiger partial charge in [-0.05, 0) is 43.0 Å². The predicted octanol–water partition coefficient (Wildman–Crippen LogP) is 2.11. The number of nitrogens with zero attached hydrogens (tertiary/aromatic N) is 1. The van der Waals surface area contributed by atoms with Gasteiger partial charge in [-0.15, -0.1) is 0 Å². The fourth-order valence-electron chi connectivity index (χ4n) is 2.70. The summed E-state index contributed by atoms with van der Waals surface area (Å²) in [6.07, 6.45) is 1.63. The van der Waals surface area contributed by atoms with Crippen molar-refractivity contribution in [3.63, 3.8) is 0 Å². The molecule has 0 aliphatic carbocycles.